The van der Waals surface area contributed by atoms with Gasteiger partial charge in [-0.1, -0.05) is 65.7 Å². The summed E-state index contributed by atoms with van der Waals surface area (Å²) in [6.07, 6.45) is 3.05. The highest BCUT2D eigenvalue weighted by molar-refractivity contribution is 6.90. The summed E-state index contributed by atoms with van der Waals surface area (Å²) in [7, 11) is -0.412. The Morgan fingerprint density at radius 1 is 0.952 bits per heavy atom. The minimum atomic E-state index is -2.04. The fourth-order valence-corrected chi connectivity index (χ4v) is 16.7. The fourth-order valence-electron chi connectivity index (χ4n) is 11.5. The van der Waals surface area contributed by atoms with E-state index < -0.39 is 19.8 Å². The zero-order valence-electron chi connectivity index (χ0n) is 38.5. The molecule has 62 heavy (non-hydrogen) atoms. The van der Waals surface area contributed by atoms with Crippen molar-refractivity contribution in [2.75, 3.05) is 51.6 Å². The van der Waals surface area contributed by atoms with Gasteiger partial charge in [0, 0.05) is 49.5 Å². The van der Waals surface area contributed by atoms with Gasteiger partial charge in [0.15, 0.2) is 6.79 Å². The summed E-state index contributed by atoms with van der Waals surface area (Å²) in [5.74, 6) is 5.25. The lowest BCUT2D eigenvalue weighted by atomic mass is 9.93. The number of ether oxygens (including phenoxy) is 4. The molecule has 332 valence electrons. The third kappa shape index (κ3) is 8.37. The third-order valence-electron chi connectivity index (χ3n) is 14.2. The number of benzene rings is 3. The van der Waals surface area contributed by atoms with Crippen LogP contribution < -0.4 is 14.4 Å². The number of piperazine rings is 1. The lowest BCUT2D eigenvalue weighted by Gasteiger charge is -2.42. The number of alkyl halides is 1. The van der Waals surface area contributed by atoms with Crippen LogP contribution in [0.5, 0.6) is 11.8 Å². The molecule has 4 atom stereocenters. The molecule has 0 N–H and O–H groups in total. The van der Waals surface area contributed by atoms with Crippen LogP contribution in [-0.4, -0.2) is 110 Å². The highest BCUT2D eigenvalue weighted by Gasteiger charge is 2.50. The SMILES string of the molecule is COCOc1cc(-c2ccc3c(N4CC5CCC(C4)N5C(=O)OC(C)(C)C)nc(OC[C@@]45CCCN4C[C@H](F)C5)nc3c2)c2c(C#C[Si](C(C)C)(C(C)C)C(C)C)cccc2c1. The first kappa shape index (κ1) is 44.2. The molecule has 0 spiro atoms. The number of hydrogen-bond donors (Lipinski definition) is 0. The standard InChI is InChI=1S/C50H66FN5O5Si/c1-32(2)62(33(3)4,34(5)6)22-19-35-13-11-14-37-23-41(60-31-58-10)25-43(45(35)37)36-15-18-42-44(24-36)52-47(59-30-50-20-12-21-55(50)27-38(51)26-50)53-46(42)54-28-39-16-17-40(29-54)56(39)48(57)61-49(7,8)9/h11,13-15,18,23-25,32-34,38-40H,12,16-17,20-21,26-31H2,1-10H3/t38-,39?,40?,50+/m1/s1. The van der Waals surface area contributed by atoms with Crippen molar-refractivity contribution < 1.29 is 28.1 Å². The third-order valence-corrected chi connectivity index (χ3v) is 20.4. The van der Waals surface area contributed by atoms with E-state index in [9.17, 15) is 9.18 Å². The zero-order chi connectivity index (χ0) is 44.1. The lowest BCUT2D eigenvalue weighted by molar-refractivity contribution is 0.0122. The van der Waals surface area contributed by atoms with E-state index >= 15 is 0 Å². The second-order valence-corrected chi connectivity index (χ2v) is 25.8. The smallest absolute Gasteiger partial charge is 0.410 e. The van der Waals surface area contributed by atoms with Crippen LogP contribution in [0, 0.1) is 11.5 Å². The van der Waals surface area contributed by atoms with Crippen LogP contribution in [0.4, 0.5) is 15.0 Å². The number of carbonyl (C=O) groups is 1. The van der Waals surface area contributed by atoms with Crippen molar-refractivity contribution in [1.29, 1.82) is 0 Å². The maximum atomic E-state index is 14.8. The Morgan fingerprint density at radius 2 is 1.68 bits per heavy atom. The molecule has 4 fully saturated rings. The van der Waals surface area contributed by atoms with E-state index in [-0.39, 0.29) is 36.5 Å². The van der Waals surface area contributed by atoms with Gasteiger partial charge in [0.1, 0.15) is 38.0 Å². The molecule has 4 aliphatic heterocycles. The number of carbonyl (C=O) groups excluding carboxylic acids is 1. The monoisotopic (exact) mass is 863 g/mol. The van der Waals surface area contributed by atoms with E-state index in [0.29, 0.717) is 55.0 Å². The normalized spacial score (nSPS) is 22.8. The van der Waals surface area contributed by atoms with Crippen molar-refractivity contribution in [3.8, 4) is 34.4 Å². The van der Waals surface area contributed by atoms with E-state index in [0.717, 1.165) is 76.4 Å². The summed E-state index contributed by atoms with van der Waals surface area (Å²) >= 11 is 0. The summed E-state index contributed by atoms with van der Waals surface area (Å²) in [4.78, 5) is 30.2. The quantitative estimate of drug-likeness (QED) is 0.0831. The van der Waals surface area contributed by atoms with Gasteiger partial charge in [0.05, 0.1) is 23.1 Å². The predicted molar refractivity (Wildman–Crippen MR) is 249 cm³/mol. The molecule has 10 nitrogen and oxygen atoms in total. The maximum absolute atomic E-state index is 14.8. The van der Waals surface area contributed by atoms with Crippen LogP contribution in [-0.2, 0) is 9.47 Å². The number of anilines is 1. The summed E-state index contributed by atoms with van der Waals surface area (Å²) in [5.41, 5.74) is 8.23. The van der Waals surface area contributed by atoms with Gasteiger partial charge < -0.3 is 23.8 Å². The Bertz CT molecular complexity index is 2340. The Morgan fingerprint density at radius 3 is 2.35 bits per heavy atom. The van der Waals surface area contributed by atoms with Gasteiger partial charge in [0.25, 0.3) is 0 Å². The van der Waals surface area contributed by atoms with Crippen molar-refractivity contribution in [1.82, 2.24) is 19.8 Å². The molecule has 0 saturated carbocycles. The van der Waals surface area contributed by atoms with E-state index in [4.69, 9.17) is 28.9 Å². The van der Waals surface area contributed by atoms with Crippen LogP contribution in [0.1, 0.15) is 100.0 Å². The van der Waals surface area contributed by atoms with Crippen LogP contribution in [0.3, 0.4) is 0 Å². The predicted octanol–water partition coefficient (Wildman–Crippen LogP) is 10.5. The number of fused-ring (bicyclic) bond motifs is 5. The molecule has 8 rings (SSSR count). The van der Waals surface area contributed by atoms with Gasteiger partial charge in [-0.25, -0.2) is 9.18 Å². The molecular weight excluding hydrogens is 798 g/mol. The van der Waals surface area contributed by atoms with Crippen LogP contribution in [0.25, 0.3) is 32.8 Å². The number of nitrogens with zero attached hydrogens (tertiary/aromatic N) is 5. The molecule has 0 aliphatic carbocycles. The van der Waals surface area contributed by atoms with Crippen LogP contribution >= 0.6 is 0 Å². The fraction of sp³-hybridized carbons (Fsp3) is 0.580. The molecule has 4 aliphatic rings. The number of methoxy groups -OCH3 is 1. The first-order valence-electron chi connectivity index (χ1n) is 22.8. The number of halogens is 1. The Hall–Kier alpha value is -4.44. The lowest BCUT2D eigenvalue weighted by Crippen LogP contribution is -2.57. The molecule has 5 heterocycles. The number of hydrogen-bond acceptors (Lipinski definition) is 9. The Labute approximate surface area is 368 Å². The maximum Gasteiger partial charge on any atom is 0.410 e. The van der Waals surface area contributed by atoms with Crippen molar-refractivity contribution in [2.45, 2.75) is 140 Å². The van der Waals surface area contributed by atoms with Gasteiger partial charge in [-0.15, -0.1) is 5.54 Å². The second kappa shape index (κ2) is 17.3. The number of rotatable bonds is 11. The van der Waals surface area contributed by atoms with Gasteiger partial charge in [-0.2, -0.15) is 9.97 Å². The summed E-state index contributed by atoms with van der Waals surface area (Å²) in [5, 5.41) is 2.99. The van der Waals surface area contributed by atoms with Gasteiger partial charge >= 0.3 is 12.1 Å². The van der Waals surface area contributed by atoms with Crippen molar-refractivity contribution in [2.24, 2.45) is 0 Å². The molecule has 12 heteroatoms. The minimum Gasteiger partial charge on any atom is -0.468 e. The van der Waals surface area contributed by atoms with Gasteiger partial charge in [-0.3, -0.25) is 9.80 Å². The summed E-state index contributed by atoms with van der Waals surface area (Å²) in [6, 6.07) is 17.1. The van der Waals surface area contributed by atoms with Gasteiger partial charge in [-0.05, 0) is 116 Å². The molecule has 2 unspecified atom stereocenters. The van der Waals surface area contributed by atoms with E-state index in [1.165, 1.54) is 0 Å². The largest absolute Gasteiger partial charge is 0.468 e. The van der Waals surface area contributed by atoms with Crippen LogP contribution in [0.15, 0.2) is 48.5 Å². The van der Waals surface area contributed by atoms with Crippen molar-refractivity contribution >= 4 is 41.7 Å². The number of aromatic nitrogens is 2. The van der Waals surface area contributed by atoms with Crippen molar-refractivity contribution in [3.63, 3.8) is 0 Å². The Balaban J connectivity index is 1.24. The molecule has 4 aromatic rings. The molecule has 4 saturated heterocycles. The molecule has 3 aromatic carbocycles. The Kier molecular flexibility index (Phi) is 12.3. The average Bonchev–Trinajstić information content (AvgIpc) is 3.84. The van der Waals surface area contributed by atoms with Gasteiger partial charge in [0.2, 0.25) is 0 Å². The minimum absolute atomic E-state index is 0.00668. The highest BCUT2D eigenvalue weighted by Crippen LogP contribution is 2.44. The van der Waals surface area contributed by atoms with E-state index in [1.807, 2.05) is 25.7 Å². The van der Waals surface area contributed by atoms with Crippen molar-refractivity contribution in [3.05, 3.63) is 54.1 Å². The topological polar surface area (TPSA) is 89.5 Å². The van der Waals surface area contributed by atoms with Crippen LogP contribution in [0.2, 0.25) is 16.6 Å². The second-order valence-electron chi connectivity index (χ2n) is 20.2. The molecular formula is C50H66FN5O5Si. The average molecular weight is 864 g/mol. The molecule has 0 radical (unpaired) electrons. The summed E-state index contributed by atoms with van der Waals surface area (Å²) in [6.45, 7) is 22.8. The van der Waals surface area contributed by atoms with E-state index in [1.54, 1.807) is 7.11 Å². The molecule has 2 bridgehead atoms. The molecule has 1 amide bonds. The number of amides is 1. The first-order chi connectivity index (χ1) is 29.5. The molecule has 1 aromatic heterocycles. The van der Waals surface area contributed by atoms with E-state index in [2.05, 4.69) is 111 Å². The summed E-state index contributed by atoms with van der Waals surface area (Å²) < 4.78 is 38.8. The first-order valence-corrected chi connectivity index (χ1v) is 25.1. The zero-order valence-corrected chi connectivity index (χ0v) is 39.5. The highest BCUT2D eigenvalue weighted by atomic mass is 28.3.